The van der Waals surface area contributed by atoms with E-state index in [1.54, 1.807) is 60.8 Å². The lowest BCUT2D eigenvalue weighted by atomic mass is 9.97. The molecule has 0 aliphatic rings. The van der Waals surface area contributed by atoms with Gasteiger partial charge in [0.25, 0.3) is 5.91 Å². The van der Waals surface area contributed by atoms with Crippen molar-refractivity contribution in [3.8, 4) is 0 Å². The molecule has 3 aromatic carbocycles. The zero-order valence-electron chi connectivity index (χ0n) is 17.2. The first-order valence-electron chi connectivity index (χ1n) is 9.90. The van der Waals surface area contributed by atoms with E-state index < -0.39 is 5.91 Å². The summed E-state index contributed by atoms with van der Waals surface area (Å²) in [5.74, 6) is -0.741. The molecule has 0 aliphatic carbocycles. The lowest BCUT2D eigenvalue weighted by Gasteiger charge is -2.09. The number of carbonyl (C=O) groups is 2. The fraction of sp³-hybridized carbons (Fsp3) is 0.0800. The van der Waals surface area contributed by atoms with Crippen molar-refractivity contribution in [2.24, 2.45) is 0 Å². The van der Waals surface area contributed by atoms with E-state index in [-0.39, 0.29) is 29.5 Å². The largest absolute Gasteiger partial charge is 0.304 e. The number of halogens is 2. The summed E-state index contributed by atoms with van der Waals surface area (Å²) >= 11 is 3.38. The summed E-state index contributed by atoms with van der Waals surface area (Å²) in [5, 5.41) is 7.08. The fourth-order valence-corrected chi connectivity index (χ4v) is 3.69. The number of hydrogen-bond donors (Lipinski definition) is 1. The minimum absolute atomic E-state index is 0.212. The van der Waals surface area contributed by atoms with Crippen molar-refractivity contribution in [2.75, 3.05) is 5.32 Å². The van der Waals surface area contributed by atoms with Crippen molar-refractivity contribution in [1.82, 2.24) is 9.78 Å². The van der Waals surface area contributed by atoms with Crippen LogP contribution in [-0.2, 0) is 6.54 Å². The number of benzene rings is 3. The zero-order chi connectivity index (χ0) is 22.7. The van der Waals surface area contributed by atoms with Crippen LogP contribution in [0.1, 0.15) is 37.4 Å². The average molecular weight is 492 g/mol. The molecule has 1 amide bonds. The van der Waals surface area contributed by atoms with Crippen molar-refractivity contribution in [2.45, 2.75) is 13.5 Å². The number of hydrogen-bond acceptors (Lipinski definition) is 3. The highest BCUT2D eigenvalue weighted by Gasteiger charge is 2.20. The van der Waals surface area contributed by atoms with Gasteiger partial charge in [0.15, 0.2) is 11.6 Å². The molecule has 5 nitrogen and oxygen atoms in total. The summed E-state index contributed by atoms with van der Waals surface area (Å²) in [6.07, 6.45) is 1.66. The van der Waals surface area contributed by atoms with Crippen LogP contribution in [0.4, 0.5) is 10.2 Å². The maximum absolute atomic E-state index is 13.9. The first-order chi connectivity index (χ1) is 15.4. The predicted octanol–water partition coefficient (Wildman–Crippen LogP) is 5.62. The normalized spacial score (nSPS) is 10.7. The minimum Gasteiger partial charge on any atom is -0.304 e. The lowest BCUT2D eigenvalue weighted by Crippen LogP contribution is -2.17. The van der Waals surface area contributed by atoms with E-state index >= 15 is 0 Å². The van der Waals surface area contributed by atoms with Gasteiger partial charge in [-0.1, -0.05) is 66.2 Å². The third-order valence-electron chi connectivity index (χ3n) is 4.97. The Kier molecular flexibility index (Phi) is 6.28. The summed E-state index contributed by atoms with van der Waals surface area (Å²) < 4.78 is 16.0. The molecule has 0 bridgehead atoms. The number of anilines is 1. The van der Waals surface area contributed by atoms with Crippen LogP contribution >= 0.6 is 15.9 Å². The van der Waals surface area contributed by atoms with Crippen LogP contribution in [0.15, 0.2) is 83.5 Å². The van der Waals surface area contributed by atoms with Crippen molar-refractivity contribution >= 4 is 33.4 Å². The maximum Gasteiger partial charge on any atom is 0.257 e. The van der Waals surface area contributed by atoms with Crippen LogP contribution in [0.25, 0.3) is 0 Å². The van der Waals surface area contributed by atoms with Gasteiger partial charge in [0.2, 0.25) is 0 Å². The number of amides is 1. The summed E-state index contributed by atoms with van der Waals surface area (Å²) in [6, 6.07) is 20.3. The Morgan fingerprint density at radius 2 is 1.62 bits per heavy atom. The molecule has 0 atom stereocenters. The standard InChI is InChI=1S/C25H19BrFN3O2/c1-16-10-12-17(13-11-16)23(31)19-7-3-4-8-20(19)25(32)28-24-21(26)15-30(29-24)14-18-6-2-5-9-22(18)27/h2-13,15H,14H2,1H3,(H,28,29,32). The van der Waals surface area contributed by atoms with Crippen molar-refractivity contribution in [1.29, 1.82) is 0 Å². The Balaban J connectivity index is 1.56. The fourth-order valence-electron chi connectivity index (χ4n) is 3.28. The van der Waals surface area contributed by atoms with Gasteiger partial charge in [-0.3, -0.25) is 14.3 Å². The van der Waals surface area contributed by atoms with Crippen molar-refractivity contribution < 1.29 is 14.0 Å². The van der Waals surface area contributed by atoms with Gasteiger partial charge < -0.3 is 5.32 Å². The highest BCUT2D eigenvalue weighted by molar-refractivity contribution is 9.10. The predicted molar refractivity (Wildman–Crippen MR) is 124 cm³/mol. The van der Waals surface area contributed by atoms with Crippen molar-refractivity contribution in [3.05, 3.63) is 117 Å². The minimum atomic E-state index is -0.460. The number of aromatic nitrogens is 2. The first-order valence-corrected chi connectivity index (χ1v) is 10.7. The van der Waals surface area contributed by atoms with Gasteiger partial charge >= 0.3 is 0 Å². The second kappa shape index (κ2) is 9.28. The average Bonchev–Trinajstić information content (AvgIpc) is 3.14. The second-order valence-corrected chi connectivity index (χ2v) is 8.16. The molecule has 0 saturated carbocycles. The van der Waals surface area contributed by atoms with Gasteiger partial charge in [0.05, 0.1) is 16.6 Å². The van der Waals surface area contributed by atoms with E-state index in [0.29, 0.717) is 21.2 Å². The molecule has 0 saturated heterocycles. The molecular formula is C25H19BrFN3O2. The molecule has 32 heavy (non-hydrogen) atoms. The summed E-state index contributed by atoms with van der Waals surface area (Å²) in [6.45, 7) is 2.16. The Hall–Kier alpha value is -3.58. The van der Waals surface area contributed by atoms with E-state index in [1.165, 1.54) is 10.7 Å². The Morgan fingerprint density at radius 3 is 2.34 bits per heavy atom. The molecule has 160 valence electrons. The molecule has 7 heteroatoms. The van der Waals surface area contributed by atoms with Crippen LogP contribution < -0.4 is 5.32 Å². The molecule has 4 aromatic rings. The number of ketones is 1. The van der Waals surface area contributed by atoms with Gasteiger partial charge in [-0.25, -0.2) is 4.39 Å². The second-order valence-electron chi connectivity index (χ2n) is 7.31. The monoisotopic (exact) mass is 491 g/mol. The third kappa shape index (κ3) is 4.68. The molecule has 0 unspecified atom stereocenters. The number of rotatable bonds is 6. The SMILES string of the molecule is Cc1ccc(C(=O)c2ccccc2C(=O)Nc2nn(Cc3ccccc3F)cc2Br)cc1. The van der Waals surface area contributed by atoms with Gasteiger partial charge in [0.1, 0.15) is 5.82 Å². The molecule has 0 spiro atoms. The van der Waals surface area contributed by atoms with Gasteiger partial charge in [-0.15, -0.1) is 0 Å². The highest BCUT2D eigenvalue weighted by Crippen LogP contribution is 2.23. The number of nitrogens with one attached hydrogen (secondary N) is 1. The Bertz CT molecular complexity index is 1300. The highest BCUT2D eigenvalue weighted by atomic mass is 79.9. The molecule has 0 fully saturated rings. The topological polar surface area (TPSA) is 64.0 Å². The number of carbonyl (C=O) groups excluding carboxylic acids is 2. The van der Waals surface area contributed by atoms with E-state index in [2.05, 4.69) is 26.3 Å². The number of nitrogens with zero attached hydrogens (tertiary/aromatic N) is 2. The number of aryl methyl sites for hydroxylation is 1. The molecule has 0 aliphatic heterocycles. The van der Waals surface area contributed by atoms with Gasteiger partial charge in [0, 0.05) is 22.9 Å². The zero-order valence-corrected chi connectivity index (χ0v) is 18.8. The molecule has 4 rings (SSSR count). The summed E-state index contributed by atoms with van der Waals surface area (Å²) in [5.41, 5.74) is 2.58. The van der Waals surface area contributed by atoms with Crippen LogP contribution in [0.3, 0.4) is 0 Å². The van der Waals surface area contributed by atoms with E-state index in [9.17, 15) is 14.0 Å². The Morgan fingerprint density at radius 1 is 0.969 bits per heavy atom. The smallest absolute Gasteiger partial charge is 0.257 e. The maximum atomic E-state index is 13.9. The summed E-state index contributed by atoms with van der Waals surface area (Å²) in [7, 11) is 0. The van der Waals surface area contributed by atoms with Crippen molar-refractivity contribution in [3.63, 3.8) is 0 Å². The quantitative estimate of drug-likeness (QED) is 0.355. The lowest BCUT2D eigenvalue weighted by molar-refractivity contribution is 0.0996. The van der Waals surface area contributed by atoms with Crippen LogP contribution in [0.5, 0.6) is 0 Å². The molecule has 1 N–H and O–H groups in total. The van der Waals surface area contributed by atoms with Crippen LogP contribution in [0.2, 0.25) is 0 Å². The van der Waals surface area contributed by atoms with Gasteiger partial charge in [-0.05, 0) is 35.0 Å². The molecular weight excluding hydrogens is 473 g/mol. The van der Waals surface area contributed by atoms with Gasteiger partial charge in [-0.2, -0.15) is 5.10 Å². The third-order valence-corrected chi connectivity index (χ3v) is 5.55. The van der Waals surface area contributed by atoms with E-state index in [1.807, 2.05) is 19.1 Å². The van der Waals surface area contributed by atoms with Crippen LogP contribution in [-0.4, -0.2) is 21.5 Å². The Labute approximate surface area is 193 Å². The molecule has 1 heterocycles. The molecule has 1 aromatic heterocycles. The molecule has 0 radical (unpaired) electrons. The van der Waals surface area contributed by atoms with E-state index in [4.69, 9.17) is 0 Å². The summed E-state index contributed by atoms with van der Waals surface area (Å²) in [4.78, 5) is 26.0. The first kappa shape index (κ1) is 21.6. The van der Waals surface area contributed by atoms with E-state index in [0.717, 1.165) is 5.56 Å². The van der Waals surface area contributed by atoms with Crippen LogP contribution in [0, 0.1) is 12.7 Å².